The molecule has 3 rings (SSSR count). The lowest BCUT2D eigenvalue weighted by atomic mass is 9.91. The van der Waals surface area contributed by atoms with Crippen molar-refractivity contribution in [2.75, 3.05) is 5.32 Å². The molecule has 0 aliphatic carbocycles. The van der Waals surface area contributed by atoms with Crippen LogP contribution in [0.25, 0.3) is 0 Å². The highest BCUT2D eigenvalue weighted by atomic mass is 19.1. The zero-order valence-corrected chi connectivity index (χ0v) is 14.1. The Balaban J connectivity index is 1.91. The molecule has 0 aromatic heterocycles. The number of carbonyl (C=O) groups is 1. The number of halogens is 3. The predicted octanol–water partition coefficient (Wildman–Crippen LogP) is 4.77. The van der Waals surface area contributed by atoms with Crippen LogP contribution in [0.4, 0.5) is 18.9 Å². The fourth-order valence-corrected chi connectivity index (χ4v) is 2.76. The average Bonchev–Trinajstić information content (AvgIpc) is 2.68. The normalized spacial score (nSPS) is 11.8. The number of phenolic OH excluding ortho intramolecular Hbond substituents is 1. The highest BCUT2D eigenvalue weighted by Gasteiger charge is 2.23. The summed E-state index contributed by atoms with van der Waals surface area (Å²) in [6.45, 7) is 0. The van der Waals surface area contributed by atoms with Crippen LogP contribution in [0.5, 0.6) is 5.75 Å². The van der Waals surface area contributed by atoms with Crippen molar-refractivity contribution in [3.8, 4) is 5.75 Å². The fourth-order valence-electron chi connectivity index (χ4n) is 2.76. The predicted molar refractivity (Wildman–Crippen MR) is 95.9 cm³/mol. The van der Waals surface area contributed by atoms with Crippen LogP contribution in [0.2, 0.25) is 0 Å². The molecule has 0 spiro atoms. The number of amides is 1. The molecule has 0 saturated heterocycles. The molecule has 3 aromatic carbocycles. The number of phenols is 1. The van der Waals surface area contributed by atoms with Gasteiger partial charge in [-0.1, -0.05) is 42.5 Å². The van der Waals surface area contributed by atoms with E-state index >= 15 is 0 Å². The van der Waals surface area contributed by atoms with Crippen molar-refractivity contribution in [1.29, 1.82) is 0 Å². The Morgan fingerprint density at radius 1 is 0.926 bits per heavy atom. The maximum absolute atomic E-state index is 14.0. The van der Waals surface area contributed by atoms with Gasteiger partial charge in [0.25, 0.3) is 0 Å². The molecule has 0 heterocycles. The molecule has 1 amide bonds. The molecule has 2 N–H and O–H groups in total. The van der Waals surface area contributed by atoms with Gasteiger partial charge < -0.3 is 10.4 Å². The minimum Gasteiger partial charge on any atom is -0.503 e. The highest BCUT2D eigenvalue weighted by Crippen LogP contribution is 2.29. The standard InChI is InChI=1S/C21H16F3NO2/c22-15-8-6-14(7-9-15)16(12-13-4-2-1-3-5-13)21(27)25-18-11-10-17(23)20(26)19(18)24/h1-11,16,26H,12H2,(H,25,27). The maximum Gasteiger partial charge on any atom is 0.232 e. The molecule has 3 aromatic rings. The third-order valence-corrected chi connectivity index (χ3v) is 4.20. The monoisotopic (exact) mass is 371 g/mol. The van der Waals surface area contributed by atoms with Crippen LogP contribution >= 0.6 is 0 Å². The van der Waals surface area contributed by atoms with Crippen molar-refractivity contribution in [1.82, 2.24) is 0 Å². The second-order valence-electron chi connectivity index (χ2n) is 6.04. The number of anilines is 1. The van der Waals surface area contributed by atoms with Gasteiger partial charge in [-0.15, -0.1) is 0 Å². The fraction of sp³-hybridized carbons (Fsp3) is 0.0952. The second-order valence-corrected chi connectivity index (χ2v) is 6.04. The van der Waals surface area contributed by atoms with E-state index in [9.17, 15) is 23.1 Å². The zero-order valence-electron chi connectivity index (χ0n) is 14.1. The molecule has 0 saturated carbocycles. The largest absolute Gasteiger partial charge is 0.503 e. The first kappa shape index (κ1) is 18.5. The van der Waals surface area contributed by atoms with Crippen molar-refractivity contribution in [2.24, 2.45) is 0 Å². The third-order valence-electron chi connectivity index (χ3n) is 4.20. The van der Waals surface area contributed by atoms with Gasteiger partial charge in [0.2, 0.25) is 5.91 Å². The molecule has 1 atom stereocenters. The van der Waals surface area contributed by atoms with Crippen LogP contribution in [-0.2, 0) is 11.2 Å². The van der Waals surface area contributed by atoms with Crippen LogP contribution in [0.1, 0.15) is 17.0 Å². The van der Waals surface area contributed by atoms with Gasteiger partial charge >= 0.3 is 0 Å². The summed E-state index contributed by atoms with van der Waals surface area (Å²) < 4.78 is 40.5. The topological polar surface area (TPSA) is 49.3 Å². The van der Waals surface area contributed by atoms with E-state index < -0.39 is 35.0 Å². The lowest BCUT2D eigenvalue weighted by molar-refractivity contribution is -0.117. The summed E-state index contributed by atoms with van der Waals surface area (Å²) in [6, 6.07) is 16.5. The van der Waals surface area contributed by atoms with E-state index in [1.807, 2.05) is 30.3 Å². The molecule has 3 nitrogen and oxygen atoms in total. The number of nitrogens with one attached hydrogen (secondary N) is 1. The zero-order chi connectivity index (χ0) is 19.4. The summed E-state index contributed by atoms with van der Waals surface area (Å²) >= 11 is 0. The Morgan fingerprint density at radius 3 is 2.26 bits per heavy atom. The minimum atomic E-state index is -1.25. The molecular formula is C21H16F3NO2. The van der Waals surface area contributed by atoms with Crippen molar-refractivity contribution in [3.63, 3.8) is 0 Å². The van der Waals surface area contributed by atoms with Gasteiger partial charge in [-0.3, -0.25) is 4.79 Å². The van der Waals surface area contributed by atoms with E-state index in [0.717, 1.165) is 17.7 Å². The molecule has 27 heavy (non-hydrogen) atoms. The van der Waals surface area contributed by atoms with Crippen LogP contribution in [-0.4, -0.2) is 11.0 Å². The van der Waals surface area contributed by atoms with Crippen LogP contribution in [0, 0.1) is 17.5 Å². The molecule has 1 unspecified atom stereocenters. The number of hydrogen-bond donors (Lipinski definition) is 2. The molecule has 6 heteroatoms. The minimum absolute atomic E-state index is 0.299. The van der Waals surface area contributed by atoms with Gasteiger partial charge in [-0.2, -0.15) is 0 Å². The molecular weight excluding hydrogens is 355 g/mol. The molecule has 0 fully saturated rings. The van der Waals surface area contributed by atoms with E-state index in [0.29, 0.717) is 12.0 Å². The van der Waals surface area contributed by atoms with Crippen LogP contribution in [0.3, 0.4) is 0 Å². The Kier molecular flexibility index (Phi) is 5.45. The van der Waals surface area contributed by atoms with Crippen LogP contribution in [0.15, 0.2) is 66.7 Å². The number of benzene rings is 3. The summed E-state index contributed by atoms with van der Waals surface area (Å²) in [4.78, 5) is 12.8. The smallest absolute Gasteiger partial charge is 0.232 e. The quantitative estimate of drug-likeness (QED) is 0.678. The van der Waals surface area contributed by atoms with E-state index in [1.54, 1.807) is 0 Å². The van der Waals surface area contributed by atoms with Gasteiger partial charge in [-0.05, 0) is 41.8 Å². The van der Waals surface area contributed by atoms with Crippen molar-refractivity contribution in [2.45, 2.75) is 12.3 Å². The van der Waals surface area contributed by atoms with Crippen molar-refractivity contribution < 1.29 is 23.1 Å². The van der Waals surface area contributed by atoms with Gasteiger partial charge in [0.1, 0.15) is 5.82 Å². The molecule has 0 radical (unpaired) electrons. The average molecular weight is 371 g/mol. The summed E-state index contributed by atoms with van der Waals surface area (Å²) in [6.07, 6.45) is 0.299. The van der Waals surface area contributed by atoms with Gasteiger partial charge in [0.05, 0.1) is 11.6 Å². The third kappa shape index (κ3) is 4.28. The molecule has 138 valence electrons. The van der Waals surface area contributed by atoms with Crippen molar-refractivity contribution >= 4 is 11.6 Å². The Morgan fingerprint density at radius 2 is 1.59 bits per heavy atom. The first-order chi connectivity index (χ1) is 13.0. The Labute approximate surface area is 154 Å². The highest BCUT2D eigenvalue weighted by molar-refractivity contribution is 5.96. The SMILES string of the molecule is O=C(Nc1ccc(F)c(O)c1F)C(Cc1ccccc1)c1ccc(F)cc1. The van der Waals surface area contributed by atoms with E-state index in [1.165, 1.54) is 24.3 Å². The summed E-state index contributed by atoms with van der Waals surface area (Å²) in [5.41, 5.74) is 1.08. The Hall–Kier alpha value is -3.28. The lowest BCUT2D eigenvalue weighted by Gasteiger charge is -2.18. The maximum atomic E-state index is 14.0. The number of hydrogen-bond acceptors (Lipinski definition) is 2. The molecule has 0 aliphatic rings. The van der Waals surface area contributed by atoms with Gasteiger partial charge in [0, 0.05) is 0 Å². The number of rotatable bonds is 5. The summed E-state index contributed by atoms with van der Waals surface area (Å²) in [7, 11) is 0. The van der Waals surface area contributed by atoms with E-state index in [2.05, 4.69) is 5.32 Å². The number of aromatic hydroxyl groups is 1. The van der Waals surface area contributed by atoms with Gasteiger partial charge in [-0.25, -0.2) is 13.2 Å². The number of carbonyl (C=O) groups excluding carboxylic acids is 1. The first-order valence-corrected chi connectivity index (χ1v) is 8.23. The van der Waals surface area contributed by atoms with Crippen molar-refractivity contribution in [3.05, 3.63) is 95.3 Å². The van der Waals surface area contributed by atoms with Gasteiger partial charge in [0.15, 0.2) is 17.4 Å². The van der Waals surface area contributed by atoms with E-state index in [-0.39, 0.29) is 5.69 Å². The molecule has 0 aliphatic heterocycles. The van der Waals surface area contributed by atoms with E-state index in [4.69, 9.17) is 0 Å². The summed E-state index contributed by atoms with van der Waals surface area (Å²) in [5, 5.41) is 11.8. The molecule has 0 bridgehead atoms. The summed E-state index contributed by atoms with van der Waals surface area (Å²) in [5.74, 6) is -5.26. The second kappa shape index (κ2) is 7.95. The Bertz CT molecular complexity index is 944. The first-order valence-electron chi connectivity index (χ1n) is 8.23. The van der Waals surface area contributed by atoms with Crippen LogP contribution < -0.4 is 5.32 Å². The lowest BCUT2D eigenvalue weighted by Crippen LogP contribution is -2.23.